The van der Waals surface area contributed by atoms with Gasteiger partial charge in [0, 0.05) is 28.1 Å². The van der Waals surface area contributed by atoms with Gasteiger partial charge in [-0.05, 0) is 37.1 Å². The predicted molar refractivity (Wildman–Crippen MR) is 96.0 cm³/mol. The molecule has 0 atom stereocenters. The maximum Gasteiger partial charge on any atom is 0.237 e. The Kier molecular flexibility index (Phi) is 4.80. The highest BCUT2D eigenvalue weighted by atomic mass is 32.2. The van der Waals surface area contributed by atoms with Gasteiger partial charge in [0.15, 0.2) is 0 Å². The third-order valence-corrected chi connectivity index (χ3v) is 5.83. The van der Waals surface area contributed by atoms with Crippen LogP contribution in [0.2, 0.25) is 0 Å². The highest BCUT2D eigenvalue weighted by molar-refractivity contribution is 7.98. The molecule has 0 saturated heterocycles. The zero-order valence-electron chi connectivity index (χ0n) is 13.3. The Morgan fingerprint density at radius 1 is 1.28 bits per heavy atom. The predicted octanol–water partition coefficient (Wildman–Crippen LogP) is 3.51. The van der Waals surface area contributed by atoms with E-state index in [1.165, 1.54) is 0 Å². The summed E-state index contributed by atoms with van der Waals surface area (Å²) in [5, 5.41) is 7.02. The van der Waals surface area contributed by atoms with Crippen molar-refractivity contribution in [2.45, 2.75) is 30.0 Å². The van der Waals surface area contributed by atoms with Gasteiger partial charge >= 0.3 is 0 Å². The number of carbonyl (C=O) groups is 1. The highest BCUT2D eigenvalue weighted by Crippen LogP contribution is 2.30. The molecular formula is C17H16N4O2S2. The molecule has 8 heteroatoms. The van der Waals surface area contributed by atoms with Crippen LogP contribution in [0.4, 0.5) is 0 Å². The van der Waals surface area contributed by atoms with Crippen molar-refractivity contribution >= 4 is 29.0 Å². The van der Waals surface area contributed by atoms with Crippen molar-refractivity contribution in [3.05, 3.63) is 47.4 Å². The van der Waals surface area contributed by atoms with E-state index in [2.05, 4.69) is 20.4 Å². The summed E-state index contributed by atoms with van der Waals surface area (Å²) in [6.07, 6.45) is 5.56. The van der Waals surface area contributed by atoms with E-state index in [1.807, 2.05) is 24.3 Å². The maximum atomic E-state index is 11.7. The van der Waals surface area contributed by atoms with Crippen molar-refractivity contribution in [3.8, 4) is 10.7 Å². The lowest BCUT2D eigenvalue weighted by Gasteiger charge is -2.00. The molecule has 0 unspecified atom stereocenters. The molecule has 6 nitrogen and oxygen atoms in total. The quantitative estimate of drug-likeness (QED) is 0.639. The number of carbonyl (C=O) groups excluding carboxylic acids is 1. The standard InChI is InChI=1S/C17H16N4O2S2/c22-17(11-1-2-11)19-9-13-3-4-14(25-13)16-20-15(23-21-16)10-24-12-5-7-18-8-6-12/h3-8,11H,1-2,9-10H2,(H,19,22). The van der Waals surface area contributed by atoms with Gasteiger partial charge in [0.25, 0.3) is 0 Å². The first-order valence-electron chi connectivity index (χ1n) is 8.00. The number of pyridine rings is 1. The van der Waals surface area contributed by atoms with Gasteiger partial charge < -0.3 is 9.84 Å². The lowest BCUT2D eigenvalue weighted by molar-refractivity contribution is -0.122. The minimum absolute atomic E-state index is 0.157. The fraction of sp³-hybridized carbons (Fsp3) is 0.294. The first-order chi connectivity index (χ1) is 12.3. The molecule has 3 aromatic heterocycles. The average Bonchev–Trinajstić information content (AvgIpc) is 3.21. The van der Waals surface area contributed by atoms with E-state index in [0.29, 0.717) is 24.0 Å². The van der Waals surface area contributed by atoms with Crippen LogP contribution in [-0.2, 0) is 17.1 Å². The monoisotopic (exact) mass is 372 g/mol. The Bertz CT molecular complexity index is 858. The Hall–Kier alpha value is -2.19. The van der Waals surface area contributed by atoms with Crippen LogP contribution in [0, 0.1) is 5.92 Å². The minimum Gasteiger partial charge on any atom is -0.351 e. The first-order valence-corrected chi connectivity index (χ1v) is 9.80. The fourth-order valence-electron chi connectivity index (χ4n) is 2.25. The molecular weight excluding hydrogens is 356 g/mol. The summed E-state index contributed by atoms with van der Waals surface area (Å²) in [5.41, 5.74) is 0. The second-order valence-electron chi connectivity index (χ2n) is 5.74. The van der Waals surface area contributed by atoms with Crippen molar-refractivity contribution in [1.29, 1.82) is 0 Å². The molecule has 1 N–H and O–H groups in total. The molecule has 3 heterocycles. The van der Waals surface area contributed by atoms with E-state index in [9.17, 15) is 4.79 Å². The summed E-state index contributed by atoms with van der Waals surface area (Å²) in [7, 11) is 0. The van der Waals surface area contributed by atoms with Crippen molar-refractivity contribution < 1.29 is 9.32 Å². The fourth-order valence-corrected chi connectivity index (χ4v) is 3.85. The number of hydrogen-bond acceptors (Lipinski definition) is 7. The van der Waals surface area contributed by atoms with E-state index in [-0.39, 0.29) is 11.8 Å². The molecule has 1 fully saturated rings. The van der Waals surface area contributed by atoms with E-state index >= 15 is 0 Å². The van der Waals surface area contributed by atoms with Crippen LogP contribution in [0.5, 0.6) is 0 Å². The Labute approximate surface area is 153 Å². The summed E-state index contributed by atoms with van der Waals surface area (Å²) < 4.78 is 5.33. The van der Waals surface area contributed by atoms with Gasteiger partial charge in [-0.15, -0.1) is 23.1 Å². The molecule has 4 rings (SSSR count). The maximum absolute atomic E-state index is 11.7. The van der Waals surface area contributed by atoms with E-state index in [4.69, 9.17) is 4.52 Å². The molecule has 1 amide bonds. The summed E-state index contributed by atoms with van der Waals surface area (Å²) in [6, 6.07) is 7.86. The molecule has 0 radical (unpaired) electrons. The van der Waals surface area contributed by atoms with E-state index < -0.39 is 0 Å². The van der Waals surface area contributed by atoms with Gasteiger partial charge in [0.2, 0.25) is 17.6 Å². The van der Waals surface area contributed by atoms with Crippen molar-refractivity contribution in [3.63, 3.8) is 0 Å². The number of thioether (sulfide) groups is 1. The molecule has 1 saturated carbocycles. The number of aromatic nitrogens is 3. The molecule has 128 valence electrons. The second-order valence-corrected chi connectivity index (χ2v) is 7.96. The topological polar surface area (TPSA) is 80.9 Å². The molecule has 0 aromatic carbocycles. The minimum atomic E-state index is 0.157. The van der Waals surface area contributed by atoms with E-state index in [1.54, 1.807) is 35.5 Å². The SMILES string of the molecule is O=C(NCc1ccc(-c2noc(CSc3ccncc3)n2)s1)C1CC1. The van der Waals surface area contributed by atoms with Crippen molar-refractivity contribution in [1.82, 2.24) is 20.4 Å². The van der Waals surface area contributed by atoms with Gasteiger partial charge in [-0.25, -0.2) is 0 Å². The van der Waals surface area contributed by atoms with Crippen LogP contribution >= 0.6 is 23.1 Å². The largest absolute Gasteiger partial charge is 0.351 e. The van der Waals surface area contributed by atoms with Crippen LogP contribution < -0.4 is 5.32 Å². The van der Waals surface area contributed by atoms with Crippen LogP contribution in [0.25, 0.3) is 10.7 Å². The molecule has 1 aliphatic rings. The molecule has 3 aromatic rings. The summed E-state index contributed by atoms with van der Waals surface area (Å²) in [4.78, 5) is 23.3. The van der Waals surface area contributed by atoms with Crippen molar-refractivity contribution in [2.24, 2.45) is 5.92 Å². The lowest BCUT2D eigenvalue weighted by atomic mass is 10.3. The number of hydrogen-bond donors (Lipinski definition) is 1. The number of nitrogens with one attached hydrogen (secondary N) is 1. The van der Waals surface area contributed by atoms with Crippen LogP contribution in [0.3, 0.4) is 0 Å². The molecule has 25 heavy (non-hydrogen) atoms. The van der Waals surface area contributed by atoms with Gasteiger partial charge in [-0.2, -0.15) is 4.98 Å². The Morgan fingerprint density at radius 3 is 2.92 bits per heavy atom. The van der Waals surface area contributed by atoms with Crippen LogP contribution in [0.15, 0.2) is 46.1 Å². The number of amides is 1. The van der Waals surface area contributed by atoms with Crippen molar-refractivity contribution in [2.75, 3.05) is 0 Å². The third-order valence-electron chi connectivity index (χ3n) is 3.75. The number of nitrogens with zero attached hydrogens (tertiary/aromatic N) is 3. The molecule has 0 bridgehead atoms. The zero-order valence-corrected chi connectivity index (χ0v) is 15.0. The van der Waals surface area contributed by atoms with Crippen LogP contribution in [0.1, 0.15) is 23.6 Å². The highest BCUT2D eigenvalue weighted by Gasteiger charge is 2.29. The van der Waals surface area contributed by atoms with Crippen LogP contribution in [-0.4, -0.2) is 21.0 Å². The molecule has 0 aliphatic heterocycles. The van der Waals surface area contributed by atoms with Gasteiger partial charge in [-0.3, -0.25) is 9.78 Å². The smallest absolute Gasteiger partial charge is 0.237 e. The number of thiophene rings is 1. The molecule has 1 aliphatic carbocycles. The average molecular weight is 372 g/mol. The first kappa shape index (κ1) is 16.3. The second kappa shape index (κ2) is 7.37. The normalized spacial score (nSPS) is 13.8. The summed E-state index contributed by atoms with van der Waals surface area (Å²) in [5.74, 6) is 2.19. The van der Waals surface area contributed by atoms with Gasteiger partial charge in [0.05, 0.1) is 17.2 Å². The third kappa shape index (κ3) is 4.26. The van der Waals surface area contributed by atoms with Gasteiger partial charge in [0.1, 0.15) is 0 Å². The Morgan fingerprint density at radius 2 is 2.12 bits per heavy atom. The summed E-state index contributed by atoms with van der Waals surface area (Å²) in [6.45, 7) is 0.558. The Balaban J connectivity index is 1.34. The zero-order chi connectivity index (χ0) is 17.1. The van der Waals surface area contributed by atoms with E-state index in [0.717, 1.165) is 27.5 Å². The summed E-state index contributed by atoms with van der Waals surface area (Å²) >= 11 is 3.20. The number of rotatable bonds is 7. The molecule has 0 spiro atoms. The lowest BCUT2D eigenvalue weighted by Crippen LogP contribution is -2.23. The van der Waals surface area contributed by atoms with Gasteiger partial charge in [-0.1, -0.05) is 5.16 Å².